The van der Waals surface area contributed by atoms with E-state index in [0.717, 1.165) is 39.1 Å². The number of hydrogen-bond donors (Lipinski definition) is 0. The van der Waals surface area contributed by atoms with Crippen LogP contribution < -0.4 is 0 Å². The normalized spacial score (nSPS) is 11.2. The van der Waals surface area contributed by atoms with E-state index in [-0.39, 0.29) is 0 Å². The van der Waals surface area contributed by atoms with Crippen LogP contribution >= 0.6 is 39.3 Å². The van der Waals surface area contributed by atoms with Gasteiger partial charge < -0.3 is 4.42 Å². The molecule has 0 N–H and O–H groups in total. The molecule has 0 aromatic carbocycles. The minimum absolute atomic E-state index is 0.501. The Hall–Kier alpha value is -0.190. The number of pyridine rings is 1. The Balaban J connectivity index is 2.69. The van der Waals surface area contributed by atoms with Crippen LogP contribution in [0.25, 0.3) is 11.1 Å². The highest BCUT2D eigenvalue weighted by Gasteiger charge is 2.16. The third-order valence-electron chi connectivity index (χ3n) is 2.28. The number of nitrogens with zero attached hydrogens (tertiary/aromatic N) is 1. The maximum atomic E-state index is 5.97. The second-order valence-corrected chi connectivity index (χ2v) is 5.44. The Morgan fingerprint density at radius 1 is 1.56 bits per heavy atom. The van der Waals surface area contributed by atoms with Gasteiger partial charge in [0, 0.05) is 6.42 Å². The smallest absolute Gasteiger partial charge is 0.167 e. The zero-order valence-corrected chi connectivity index (χ0v) is 12.2. The van der Waals surface area contributed by atoms with Crippen LogP contribution in [0.3, 0.4) is 0 Å². The molecule has 0 aliphatic rings. The van der Waals surface area contributed by atoms with Gasteiger partial charge in [-0.15, -0.1) is 11.8 Å². The van der Waals surface area contributed by atoms with E-state index in [2.05, 4.69) is 27.8 Å². The first-order valence-corrected chi connectivity index (χ1v) is 7.38. The SMILES string of the molecule is CCCc1oc2c(SC)cc(Cl)nc2c1Br. The van der Waals surface area contributed by atoms with Crippen molar-refractivity contribution in [1.82, 2.24) is 4.98 Å². The maximum Gasteiger partial charge on any atom is 0.167 e. The van der Waals surface area contributed by atoms with Gasteiger partial charge in [0.2, 0.25) is 0 Å². The molecule has 0 radical (unpaired) electrons. The molecule has 0 bridgehead atoms. The summed E-state index contributed by atoms with van der Waals surface area (Å²) in [6, 6.07) is 1.83. The van der Waals surface area contributed by atoms with E-state index in [1.165, 1.54) is 0 Å². The monoisotopic (exact) mass is 319 g/mol. The average Bonchev–Trinajstić information content (AvgIpc) is 2.57. The van der Waals surface area contributed by atoms with Crippen molar-refractivity contribution in [2.24, 2.45) is 0 Å². The summed E-state index contributed by atoms with van der Waals surface area (Å²) in [6.45, 7) is 2.12. The van der Waals surface area contributed by atoms with Crippen LogP contribution in [0, 0.1) is 0 Å². The van der Waals surface area contributed by atoms with Crippen molar-refractivity contribution in [2.45, 2.75) is 24.7 Å². The van der Waals surface area contributed by atoms with Gasteiger partial charge in [-0.2, -0.15) is 0 Å². The number of thioether (sulfide) groups is 1. The fraction of sp³-hybridized carbons (Fsp3) is 0.364. The first-order chi connectivity index (χ1) is 7.67. The van der Waals surface area contributed by atoms with Gasteiger partial charge in [-0.05, 0) is 34.7 Å². The van der Waals surface area contributed by atoms with Crippen molar-refractivity contribution in [3.8, 4) is 0 Å². The van der Waals surface area contributed by atoms with Crippen LogP contribution in [0.4, 0.5) is 0 Å². The minimum Gasteiger partial charge on any atom is -0.457 e. The summed E-state index contributed by atoms with van der Waals surface area (Å²) in [5.74, 6) is 0.947. The number of aryl methyl sites for hydroxylation is 1. The molecule has 5 heteroatoms. The number of aromatic nitrogens is 1. The van der Waals surface area contributed by atoms with Crippen LogP contribution in [-0.2, 0) is 6.42 Å². The van der Waals surface area contributed by atoms with Gasteiger partial charge >= 0.3 is 0 Å². The van der Waals surface area contributed by atoms with E-state index in [0.29, 0.717) is 5.15 Å². The number of hydrogen-bond acceptors (Lipinski definition) is 3. The van der Waals surface area contributed by atoms with Crippen molar-refractivity contribution < 1.29 is 4.42 Å². The zero-order chi connectivity index (χ0) is 11.7. The molecule has 2 heterocycles. The molecule has 0 aliphatic heterocycles. The summed E-state index contributed by atoms with van der Waals surface area (Å²) >= 11 is 11.1. The van der Waals surface area contributed by atoms with Crippen molar-refractivity contribution in [3.63, 3.8) is 0 Å². The molecule has 2 aromatic rings. The standard InChI is InChI=1S/C11H11BrClNOS/c1-3-4-6-9(12)10-11(15-6)7(16-2)5-8(13)14-10/h5H,3-4H2,1-2H3. The van der Waals surface area contributed by atoms with Crippen LogP contribution in [0.2, 0.25) is 5.15 Å². The van der Waals surface area contributed by atoms with Gasteiger partial charge in [0.15, 0.2) is 5.58 Å². The molecule has 0 spiro atoms. The molecule has 86 valence electrons. The molecule has 0 fully saturated rings. The molecule has 2 nitrogen and oxygen atoms in total. The average molecular weight is 321 g/mol. The fourth-order valence-electron chi connectivity index (χ4n) is 1.57. The predicted molar refractivity (Wildman–Crippen MR) is 72.5 cm³/mol. The Bertz CT molecular complexity index is 526. The number of fused-ring (bicyclic) bond motifs is 1. The summed E-state index contributed by atoms with van der Waals surface area (Å²) in [5, 5.41) is 0.501. The van der Waals surface area contributed by atoms with Gasteiger partial charge in [0.1, 0.15) is 16.4 Å². The van der Waals surface area contributed by atoms with Crippen LogP contribution in [0.15, 0.2) is 19.9 Å². The minimum atomic E-state index is 0.501. The van der Waals surface area contributed by atoms with Crippen LogP contribution in [0.1, 0.15) is 19.1 Å². The lowest BCUT2D eigenvalue weighted by Gasteiger charge is -1.97. The van der Waals surface area contributed by atoms with Crippen LogP contribution in [0.5, 0.6) is 0 Å². The van der Waals surface area contributed by atoms with E-state index in [4.69, 9.17) is 16.0 Å². The highest BCUT2D eigenvalue weighted by molar-refractivity contribution is 9.10. The summed E-state index contributed by atoms with van der Waals surface area (Å²) in [5.41, 5.74) is 1.65. The first kappa shape index (κ1) is 12.3. The van der Waals surface area contributed by atoms with E-state index in [9.17, 15) is 0 Å². The molecule has 0 amide bonds. The summed E-state index contributed by atoms with van der Waals surface area (Å²) in [7, 11) is 0. The second kappa shape index (κ2) is 4.98. The van der Waals surface area contributed by atoms with E-state index < -0.39 is 0 Å². The van der Waals surface area contributed by atoms with Crippen molar-refractivity contribution in [2.75, 3.05) is 6.26 Å². The predicted octanol–water partition coefficient (Wildman–Crippen LogP) is 4.92. The van der Waals surface area contributed by atoms with Crippen molar-refractivity contribution >= 4 is 50.4 Å². The fourth-order valence-corrected chi connectivity index (χ4v) is 2.93. The third-order valence-corrected chi connectivity index (χ3v) is 4.04. The van der Waals surface area contributed by atoms with E-state index in [1.54, 1.807) is 11.8 Å². The summed E-state index contributed by atoms with van der Waals surface area (Å²) in [6.07, 6.45) is 3.95. The lowest BCUT2D eigenvalue weighted by atomic mass is 10.3. The molecular weight excluding hydrogens is 310 g/mol. The molecule has 0 unspecified atom stereocenters. The number of halogens is 2. The highest BCUT2D eigenvalue weighted by atomic mass is 79.9. The lowest BCUT2D eigenvalue weighted by molar-refractivity contribution is 0.536. The Morgan fingerprint density at radius 3 is 2.94 bits per heavy atom. The van der Waals surface area contributed by atoms with E-state index in [1.807, 2.05) is 12.3 Å². The molecule has 2 aromatic heterocycles. The van der Waals surface area contributed by atoms with Gasteiger partial charge in [-0.1, -0.05) is 18.5 Å². The molecule has 0 aliphatic carbocycles. The Labute approximate surface area is 112 Å². The van der Waals surface area contributed by atoms with E-state index >= 15 is 0 Å². The summed E-state index contributed by atoms with van der Waals surface area (Å²) < 4.78 is 6.76. The van der Waals surface area contributed by atoms with Gasteiger partial charge in [0.25, 0.3) is 0 Å². The van der Waals surface area contributed by atoms with Gasteiger partial charge in [-0.3, -0.25) is 0 Å². The Morgan fingerprint density at radius 2 is 2.31 bits per heavy atom. The van der Waals surface area contributed by atoms with Crippen LogP contribution in [-0.4, -0.2) is 11.2 Å². The number of rotatable bonds is 3. The Kier molecular flexibility index (Phi) is 3.82. The van der Waals surface area contributed by atoms with Gasteiger partial charge in [-0.25, -0.2) is 4.98 Å². The maximum absolute atomic E-state index is 5.97. The molecular formula is C11H11BrClNOS. The van der Waals surface area contributed by atoms with Crippen molar-refractivity contribution in [1.29, 1.82) is 0 Å². The molecule has 0 saturated carbocycles. The number of furan rings is 1. The topological polar surface area (TPSA) is 26.0 Å². The quantitative estimate of drug-likeness (QED) is 0.593. The van der Waals surface area contributed by atoms with Gasteiger partial charge in [0.05, 0.1) is 9.37 Å². The zero-order valence-electron chi connectivity index (χ0n) is 9.01. The molecule has 2 rings (SSSR count). The van der Waals surface area contributed by atoms with Crippen molar-refractivity contribution in [3.05, 3.63) is 21.5 Å². The highest BCUT2D eigenvalue weighted by Crippen LogP contribution is 2.36. The largest absolute Gasteiger partial charge is 0.457 e. The summed E-state index contributed by atoms with van der Waals surface area (Å²) in [4.78, 5) is 5.32. The third kappa shape index (κ3) is 2.11. The first-order valence-electron chi connectivity index (χ1n) is 4.98. The molecule has 0 atom stereocenters. The molecule has 16 heavy (non-hydrogen) atoms. The molecule has 0 saturated heterocycles. The lowest BCUT2D eigenvalue weighted by Crippen LogP contribution is -1.80. The second-order valence-electron chi connectivity index (χ2n) is 3.41.